The average molecular weight is 356 g/mol. The first-order valence-electron chi connectivity index (χ1n) is 9.24. The van der Waals surface area contributed by atoms with Crippen molar-refractivity contribution in [1.29, 1.82) is 0 Å². The summed E-state index contributed by atoms with van der Waals surface area (Å²) in [5.74, 6) is -0.181. The van der Waals surface area contributed by atoms with Gasteiger partial charge in [0.05, 0.1) is 0 Å². The van der Waals surface area contributed by atoms with Crippen LogP contribution in [0.25, 0.3) is 0 Å². The van der Waals surface area contributed by atoms with Crippen LogP contribution < -0.4 is 16.0 Å². The van der Waals surface area contributed by atoms with Gasteiger partial charge < -0.3 is 15.5 Å². The maximum absolute atomic E-state index is 13.0. The van der Waals surface area contributed by atoms with Gasteiger partial charge in [-0.1, -0.05) is 25.1 Å². The molecule has 26 heavy (non-hydrogen) atoms. The summed E-state index contributed by atoms with van der Waals surface area (Å²) in [4.78, 5) is 38.2. The Morgan fingerprint density at radius 3 is 2.81 bits per heavy atom. The van der Waals surface area contributed by atoms with Crippen molar-refractivity contribution in [2.24, 2.45) is 5.92 Å². The van der Waals surface area contributed by atoms with Gasteiger partial charge in [0.2, 0.25) is 11.8 Å². The van der Waals surface area contributed by atoms with Gasteiger partial charge in [0.15, 0.2) is 0 Å². The second-order valence-electron chi connectivity index (χ2n) is 7.47. The first kappa shape index (κ1) is 17.2. The van der Waals surface area contributed by atoms with Gasteiger partial charge in [-0.25, -0.2) is 0 Å². The molecular weight excluding hydrogens is 332 g/mol. The van der Waals surface area contributed by atoms with Crippen LogP contribution in [0.4, 0.5) is 0 Å². The summed E-state index contributed by atoms with van der Waals surface area (Å²) < 4.78 is 0. The van der Waals surface area contributed by atoms with Crippen LogP contribution >= 0.6 is 0 Å². The van der Waals surface area contributed by atoms with E-state index in [9.17, 15) is 14.4 Å². The minimum Gasteiger partial charge on any atom is -0.322 e. The normalized spacial score (nSPS) is 28.4. The molecule has 2 saturated heterocycles. The molecule has 2 fully saturated rings. The van der Waals surface area contributed by atoms with Crippen LogP contribution in [-0.2, 0) is 22.7 Å². The molecule has 0 radical (unpaired) electrons. The van der Waals surface area contributed by atoms with Gasteiger partial charge in [-0.3, -0.25) is 19.7 Å². The molecule has 0 spiro atoms. The molecule has 7 nitrogen and oxygen atoms in total. The van der Waals surface area contributed by atoms with Crippen molar-refractivity contribution in [3.05, 3.63) is 34.9 Å². The third-order valence-electron chi connectivity index (χ3n) is 5.71. The van der Waals surface area contributed by atoms with E-state index in [0.717, 1.165) is 24.2 Å². The number of hydrogen-bond acceptors (Lipinski definition) is 5. The molecule has 3 atom stereocenters. The Balaban J connectivity index is 1.51. The van der Waals surface area contributed by atoms with Crippen LogP contribution in [0, 0.1) is 5.92 Å². The van der Waals surface area contributed by atoms with Crippen LogP contribution in [0.1, 0.15) is 41.3 Å². The molecule has 3 N–H and O–H groups in total. The lowest BCUT2D eigenvalue weighted by molar-refractivity contribution is -0.136. The summed E-state index contributed by atoms with van der Waals surface area (Å²) in [6.45, 7) is 5.22. The third-order valence-corrected chi connectivity index (χ3v) is 5.71. The number of nitrogens with zero attached hydrogens (tertiary/aromatic N) is 1. The van der Waals surface area contributed by atoms with Crippen LogP contribution in [-0.4, -0.2) is 47.8 Å². The average Bonchev–Trinajstić information content (AvgIpc) is 3.17. The Morgan fingerprint density at radius 1 is 1.23 bits per heavy atom. The molecule has 138 valence electrons. The molecule has 4 rings (SSSR count). The zero-order chi connectivity index (χ0) is 18.3. The second kappa shape index (κ2) is 6.81. The van der Waals surface area contributed by atoms with E-state index in [1.807, 2.05) is 18.2 Å². The second-order valence-corrected chi connectivity index (χ2v) is 7.47. The lowest BCUT2D eigenvalue weighted by Gasteiger charge is -2.29. The summed E-state index contributed by atoms with van der Waals surface area (Å²) in [6, 6.07) is 5.72. The number of hydrogen-bond donors (Lipinski definition) is 3. The minimum atomic E-state index is -0.563. The number of carbonyl (C=O) groups excluding carboxylic acids is 3. The van der Waals surface area contributed by atoms with Crippen molar-refractivity contribution in [3.63, 3.8) is 0 Å². The van der Waals surface area contributed by atoms with Crippen molar-refractivity contribution < 1.29 is 14.4 Å². The van der Waals surface area contributed by atoms with Gasteiger partial charge >= 0.3 is 0 Å². The molecule has 1 aromatic rings. The highest BCUT2D eigenvalue weighted by Crippen LogP contribution is 2.30. The van der Waals surface area contributed by atoms with Crippen LogP contribution in [0.5, 0.6) is 0 Å². The van der Waals surface area contributed by atoms with Gasteiger partial charge in [-0.2, -0.15) is 0 Å². The Labute approximate surface area is 152 Å². The van der Waals surface area contributed by atoms with Crippen molar-refractivity contribution in [2.75, 3.05) is 13.1 Å². The fraction of sp³-hybridized carbons (Fsp3) is 0.526. The molecule has 1 aromatic carbocycles. The molecule has 3 aliphatic heterocycles. The number of benzene rings is 1. The Kier molecular flexibility index (Phi) is 4.50. The predicted molar refractivity (Wildman–Crippen MR) is 95.1 cm³/mol. The zero-order valence-corrected chi connectivity index (χ0v) is 14.9. The van der Waals surface area contributed by atoms with Crippen molar-refractivity contribution in [2.45, 2.75) is 44.9 Å². The number of imide groups is 1. The number of carbonyl (C=O) groups is 3. The first-order chi connectivity index (χ1) is 12.5. The van der Waals surface area contributed by atoms with Gasteiger partial charge in [-0.05, 0) is 30.0 Å². The summed E-state index contributed by atoms with van der Waals surface area (Å²) in [6.07, 6.45) is 0.667. The lowest BCUT2D eigenvalue weighted by atomic mass is 10.0. The number of fused-ring (bicyclic) bond motifs is 1. The number of rotatable bonds is 4. The third kappa shape index (κ3) is 3.01. The van der Waals surface area contributed by atoms with Crippen molar-refractivity contribution in [3.8, 4) is 0 Å². The highest BCUT2D eigenvalue weighted by molar-refractivity contribution is 6.05. The summed E-state index contributed by atoms with van der Waals surface area (Å²) >= 11 is 0. The summed E-state index contributed by atoms with van der Waals surface area (Å²) in [5, 5.41) is 9.26. The molecule has 0 saturated carbocycles. The largest absolute Gasteiger partial charge is 0.322 e. The lowest BCUT2D eigenvalue weighted by Crippen LogP contribution is -2.52. The van der Waals surface area contributed by atoms with E-state index in [0.29, 0.717) is 37.0 Å². The van der Waals surface area contributed by atoms with Crippen LogP contribution in [0.3, 0.4) is 0 Å². The van der Waals surface area contributed by atoms with E-state index in [1.54, 1.807) is 4.90 Å². The summed E-state index contributed by atoms with van der Waals surface area (Å²) in [7, 11) is 0. The van der Waals surface area contributed by atoms with Gasteiger partial charge in [0.1, 0.15) is 6.04 Å². The quantitative estimate of drug-likeness (QED) is 0.668. The molecule has 0 aromatic heterocycles. The minimum absolute atomic E-state index is 0.107. The maximum atomic E-state index is 13.0. The Morgan fingerprint density at radius 2 is 2.08 bits per heavy atom. The highest BCUT2D eigenvalue weighted by Gasteiger charge is 2.40. The summed E-state index contributed by atoms with van der Waals surface area (Å²) in [5.41, 5.74) is 2.64. The topological polar surface area (TPSA) is 90.5 Å². The monoisotopic (exact) mass is 356 g/mol. The van der Waals surface area contributed by atoms with E-state index in [4.69, 9.17) is 0 Å². The number of piperidine rings is 1. The molecule has 0 bridgehead atoms. The molecule has 3 heterocycles. The van der Waals surface area contributed by atoms with Crippen LogP contribution in [0.2, 0.25) is 0 Å². The maximum Gasteiger partial charge on any atom is 0.255 e. The van der Waals surface area contributed by atoms with Gasteiger partial charge in [0.25, 0.3) is 5.91 Å². The van der Waals surface area contributed by atoms with Crippen LogP contribution in [0.15, 0.2) is 18.2 Å². The Bertz CT molecular complexity index is 763. The van der Waals surface area contributed by atoms with E-state index in [-0.39, 0.29) is 24.1 Å². The fourth-order valence-corrected chi connectivity index (χ4v) is 4.16. The van der Waals surface area contributed by atoms with E-state index in [2.05, 4.69) is 22.9 Å². The van der Waals surface area contributed by atoms with Gasteiger partial charge in [0, 0.05) is 37.7 Å². The SMILES string of the molecule is C[C@@H]1CNC[C@@H]1NCc1cccc2c1C(=O)N(C1CCC(=O)NC1=O)C2. The van der Waals surface area contributed by atoms with E-state index in [1.165, 1.54) is 0 Å². The first-order valence-corrected chi connectivity index (χ1v) is 9.24. The zero-order valence-electron chi connectivity index (χ0n) is 14.9. The van der Waals surface area contributed by atoms with Crippen molar-refractivity contribution >= 4 is 17.7 Å². The smallest absolute Gasteiger partial charge is 0.255 e. The molecule has 0 aliphatic carbocycles. The van der Waals surface area contributed by atoms with Crippen molar-refractivity contribution in [1.82, 2.24) is 20.9 Å². The number of amides is 3. The fourth-order valence-electron chi connectivity index (χ4n) is 4.16. The Hall–Kier alpha value is -2.25. The molecule has 1 unspecified atom stereocenters. The van der Waals surface area contributed by atoms with E-state index >= 15 is 0 Å². The van der Waals surface area contributed by atoms with Gasteiger partial charge in [-0.15, -0.1) is 0 Å². The molecular formula is C19H24N4O3. The number of nitrogens with one attached hydrogen (secondary N) is 3. The predicted octanol–water partition coefficient (Wildman–Crippen LogP) is 0.145. The molecule has 3 aliphatic rings. The molecule has 3 amide bonds. The standard InChI is InChI=1S/C19H24N4O3/c1-11-7-20-9-14(11)21-8-12-3-2-4-13-10-23(19(26)17(12)13)15-5-6-16(24)22-18(15)25/h2-4,11,14-15,20-21H,5-10H2,1H3,(H,22,24,25)/t11-,14+,15?/m1/s1. The van der Waals surface area contributed by atoms with E-state index < -0.39 is 6.04 Å². The molecule has 7 heteroatoms. The highest BCUT2D eigenvalue weighted by atomic mass is 16.2.